The number of nitrogens with two attached hydrogens (primary N) is 1. The van der Waals surface area contributed by atoms with E-state index in [4.69, 9.17) is 5.73 Å². The molecule has 0 bridgehead atoms. The molecule has 3 unspecified atom stereocenters. The normalized spacial score (nSPS) is 29.1. The first kappa shape index (κ1) is 13.6. The van der Waals surface area contributed by atoms with Crippen molar-refractivity contribution in [3.05, 3.63) is 35.9 Å². The lowest BCUT2D eigenvalue weighted by Crippen LogP contribution is -2.45. The molecular weight excluding hydrogens is 246 g/mol. The maximum absolute atomic E-state index is 12.1. The lowest BCUT2D eigenvalue weighted by Gasteiger charge is -2.33. The van der Waals surface area contributed by atoms with Gasteiger partial charge in [0.15, 0.2) is 9.84 Å². The molecular formula is C14H21NO2S. The van der Waals surface area contributed by atoms with Gasteiger partial charge in [-0.25, -0.2) is 8.42 Å². The summed E-state index contributed by atoms with van der Waals surface area (Å²) in [4.78, 5) is 0. The minimum atomic E-state index is -3.04. The van der Waals surface area contributed by atoms with E-state index in [9.17, 15) is 8.42 Å². The molecule has 1 saturated carbocycles. The Morgan fingerprint density at radius 2 is 1.89 bits per heavy atom. The molecule has 0 heterocycles. The fourth-order valence-corrected chi connectivity index (χ4v) is 4.43. The molecule has 1 aliphatic carbocycles. The van der Waals surface area contributed by atoms with Crippen molar-refractivity contribution in [3.63, 3.8) is 0 Å². The van der Waals surface area contributed by atoms with Gasteiger partial charge in [0.25, 0.3) is 0 Å². The van der Waals surface area contributed by atoms with Crippen LogP contribution in [0.25, 0.3) is 0 Å². The Morgan fingerprint density at radius 1 is 1.22 bits per heavy atom. The first-order valence-electron chi connectivity index (χ1n) is 6.56. The van der Waals surface area contributed by atoms with Crippen molar-refractivity contribution in [2.45, 2.75) is 43.4 Å². The minimum Gasteiger partial charge on any atom is -0.327 e. The molecule has 1 fully saturated rings. The molecule has 4 heteroatoms. The second-order valence-corrected chi connectivity index (χ2v) is 7.58. The van der Waals surface area contributed by atoms with Crippen molar-refractivity contribution in [3.8, 4) is 0 Å². The van der Waals surface area contributed by atoms with E-state index >= 15 is 0 Å². The van der Waals surface area contributed by atoms with Crippen LogP contribution < -0.4 is 5.73 Å². The number of hydrogen-bond acceptors (Lipinski definition) is 3. The van der Waals surface area contributed by atoms with E-state index < -0.39 is 9.84 Å². The van der Waals surface area contributed by atoms with Crippen LogP contribution in [0.15, 0.2) is 30.3 Å². The standard InChI is InChI=1S/C14H21NO2S/c1-2-18(16,17)14-10-12(8-9-13(14)15)11-6-4-3-5-7-11/h3-7,12-14H,2,8-10,15H2,1H3. The lowest BCUT2D eigenvalue weighted by molar-refractivity contribution is 0.391. The molecule has 3 atom stereocenters. The van der Waals surface area contributed by atoms with Crippen LogP contribution in [0.5, 0.6) is 0 Å². The summed E-state index contributed by atoms with van der Waals surface area (Å²) in [7, 11) is -3.04. The highest BCUT2D eigenvalue weighted by Crippen LogP contribution is 2.35. The largest absolute Gasteiger partial charge is 0.327 e. The van der Waals surface area contributed by atoms with Crippen LogP contribution in [-0.2, 0) is 9.84 Å². The predicted molar refractivity (Wildman–Crippen MR) is 74.3 cm³/mol. The number of hydrogen-bond donors (Lipinski definition) is 1. The molecule has 1 aromatic rings. The highest BCUT2D eigenvalue weighted by atomic mass is 32.2. The number of rotatable bonds is 3. The Morgan fingerprint density at radius 3 is 2.50 bits per heavy atom. The average Bonchev–Trinajstić information content (AvgIpc) is 2.40. The maximum Gasteiger partial charge on any atom is 0.154 e. The molecule has 100 valence electrons. The maximum atomic E-state index is 12.1. The Kier molecular flexibility index (Phi) is 4.07. The van der Waals surface area contributed by atoms with E-state index in [2.05, 4.69) is 12.1 Å². The van der Waals surface area contributed by atoms with Crippen LogP contribution in [0.1, 0.15) is 37.7 Å². The topological polar surface area (TPSA) is 60.2 Å². The van der Waals surface area contributed by atoms with E-state index in [0.29, 0.717) is 12.3 Å². The van der Waals surface area contributed by atoms with E-state index in [0.717, 1.165) is 12.8 Å². The van der Waals surface area contributed by atoms with Gasteiger partial charge >= 0.3 is 0 Å². The molecule has 18 heavy (non-hydrogen) atoms. The van der Waals surface area contributed by atoms with Crippen molar-refractivity contribution < 1.29 is 8.42 Å². The summed E-state index contributed by atoms with van der Waals surface area (Å²) in [6.07, 6.45) is 2.45. The van der Waals surface area contributed by atoms with Crippen LogP contribution >= 0.6 is 0 Å². The summed E-state index contributed by atoms with van der Waals surface area (Å²) >= 11 is 0. The molecule has 1 aromatic carbocycles. The van der Waals surface area contributed by atoms with Crippen molar-refractivity contribution in [1.29, 1.82) is 0 Å². The number of sulfone groups is 1. The zero-order chi connectivity index (χ0) is 13.2. The second-order valence-electron chi connectivity index (χ2n) is 5.07. The van der Waals surface area contributed by atoms with Crippen LogP contribution in [0.3, 0.4) is 0 Å². The van der Waals surface area contributed by atoms with E-state index in [1.165, 1.54) is 5.56 Å². The zero-order valence-corrected chi connectivity index (χ0v) is 11.6. The molecule has 2 N–H and O–H groups in total. The number of benzene rings is 1. The van der Waals surface area contributed by atoms with Gasteiger partial charge < -0.3 is 5.73 Å². The third kappa shape index (κ3) is 2.75. The molecule has 0 saturated heterocycles. The third-order valence-electron chi connectivity index (χ3n) is 3.98. The van der Waals surface area contributed by atoms with Gasteiger partial charge in [0.2, 0.25) is 0 Å². The Bertz CT molecular complexity index is 484. The highest BCUT2D eigenvalue weighted by molar-refractivity contribution is 7.92. The van der Waals surface area contributed by atoms with Crippen LogP contribution in [0.4, 0.5) is 0 Å². The minimum absolute atomic E-state index is 0.187. The molecule has 3 nitrogen and oxygen atoms in total. The first-order valence-corrected chi connectivity index (χ1v) is 8.28. The SMILES string of the molecule is CCS(=O)(=O)C1CC(c2ccccc2)CCC1N. The summed E-state index contributed by atoms with van der Waals surface area (Å²) in [6, 6.07) is 9.96. The lowest BCUT2D eigenvalue weighted by atomic mass is 9.82. The van der Waals surface area contributed by atoms with Crippen molar-refractivity contribution in [2.24, 2.45) is 5.73 Å². The van der Waals surface area contributed by atoms with E-state index in [1.54, 1.807) is 6.92 Å². The molecule has 0 aromatic heterocycles. The van der Waals surface area contributed by atoms with Gasteiger partial charge in [-0.15, -0.1) is 0 Å². The Labute approximate surface area is 109 Å². The molecule has 0 aliphatic heterocycles. The second kappa shape index (κ2) is 5.41. The summed E-state index contributed by atoms with van der Waals surface area (Å²) < 4.78 is 24.1. The van der Waals surface area contributed by atoms with Crippen LogP contribution in [-0.4, -0.2) is 25.5 Å². The summed E-state index contributed by atoms with van der Waals surface area (Å²) in [5.41, 5.74) is 7.24. The Hall–Kier alpha value is -0.870. The quantitative estimate of drug-likeness (QED) is 0.912. The van der Waals surface area contributed by atoms with Gasteiger partial charge in [-0.2, -0.15) is 0 Å². The van der Waals surface area contributed by atoms with Gasteiger partial charge in [0.1, 0.15) is 0 Å². The molecule has 0 radical (unpaired) electrons. The van der Waals surface area contributed by atoms with E-state index in [-0.39, 0.29) is 17.0 Å². The molecule has 2 rings (SSSR count). The molecule has 0 amide bonds. The summed E-state index contributed by atoms with van der Waals surface area (Å²) in [5, 5.41) is -0.374. The smallest absolute Gasteiger partial charge is 0.154 e. The third-order valence-corrected chi connectivity index (χ3v) is 6.25. The monoisotopic (exact) mass is 267 g/mol. The highest BCUT2D eigenvalue weighted by Gasteiger charge is 2.36. The average molecular weight is 267 g/mol. The predicted octanol–water partition coefficient (Wildman–Crippen LogP) is 2.08. The fraction of sp³-hybridized carbons (Fsp3) is 0.571. The molecule has 0 spiro atoms. The van der Waals surface area contributed by atoms with Gasteiger partial charge in [-0.05, 0) is 30.7 Å². The van der Waals surface area contributed by atoms with Gasteiger partial charge in [-0.3, -0.25) is 0 Å². The first-order chi connectivity index (χ1) is 8.54. The summed E-state index contributed by atoms with van der Waals surface area (Å²) in [5.74, 6) is 0.518. The summed E-state index contributed by atoms with van der Waals surface area (Å²) in [6.45, 7) is 1.70. The molecule has 1 aliphatic rings. The van der Waals surface area contributed by atoms with Crippen LogP contribution in [0, 0.1) is 0 Å². The van der Waals surface area contributed by atoms with Crippen molar-refractivity contribution in [2.75, 3.05) is 5.75 Å². The van der Waals surface area contributed by atoms with Gasteiger partial charge in [-0.1, -0.05) is 37.3 Å². The van der Waals surface area contributed by atoms with Crippen molar-refractivity contribution >= 4 is 9.84 Å². The van der Waals surface area contributed by atoms with Crippen LogP contribution in [0.2, 0.25) is 0 Å². The van der Waals surface area contributed by atoms with E-state index in [1.807, 2.05) is 18.2 Å². The van der Waals surface area contributed by atoms with Gasteiger partial charge in [0.05, 0.1) is 5.25 Å². The fourth-order valence-electron chi connectivity index (χ4n) is 2.81. The van der Waals surface area contributed by atoms with Gasteiger partial charge in [0, 0.05) is 11.8 Å². The Balaban J connectivity index is 2.19. The van der Waals surface area contributed by atoms with Crippen molar-refractivity contribution in [1.82, 2.24) is 0 Å². The zero-order valence-electron chi connectivity index (χ0n) is 10.7.